The molecule has 0 heterocycles. The minimum Gasteiger partial charge on any atom is -0.397 e. The SMILES string of the molecule is Cc1ccc(Nc2ccc(Cl)cc2[N+](=O)[O-])c(N)c1. The van der Waals surface area contributed by atoms with Gasteiger partial charge in [0.05, 0.1) is 16.3 Å². The van der Waals surface area contributed by atoms with Gasteiger partial charge >= 0.3 is 0 Å². The maximum absolute atomic E-state index is 11.0. The number of rotatable bonds is 3. The number of nitro benzene ring substituents is 1. The molecule has 5 nitrogen and oxygen atoms in total. The average molecular weight is 278 g/mol. The quantitative estimate of drug-likeness (QED) is 0.507. The van der Waals surface area contributed by atoms with Crippen LogP contribution in [0.3, 0.4) is 0 Å². The van der Waals surface area contributed by atoms with Gasteiger partial charge in [-0.25, -0.2) is 0 Å². The van der Waals surface area contributed by atoms with Crippen LogP contribution in [0.25, 0.3) is 0 Å². The Morgan fingerprint density at radius 3 is 2.53 bits per heavy atom. The van der Waals surface area contributed by atoms with Crippen LogP contribution in [0.1, 0.15) is 5.56 Å². The van der Waals surface area contributed by atoms with E-state index in [2.05, 4.69) is 5.32 Å². The molecular formula is C13H12ClN3O2. The largest absolute Gasteiger partial charge is 0.397 e. The molecule has 0 saturated heterocycles. The predicted octanol–water partition coefficient (Wildman–Crippen LogP) is 3.88. The van der Waals surface area contributed by atoms with E-state index in [-0.39, 0.29) is 5.69 Å². The Morgan fingerprint density at radius 2 is 1.89 bits per heavy atom. The Bertz CT molecular complexity index is 644. The molecule has 0 atom stereocenters. The second-order valence-electron chi connectivity index (χ2n) is 4.13. The molecule has 0 saturated carbocycles. The molecule has 0 fully saturated rings. The molecular weight excluding hydrogens is 266 g/mol. The van der Waals surface area contributed by atoms with Gasteiger partial charge in [-0.1, -0.05) is 17.7 Å². The number of hydrogen-bond donors (Lipinski definition) is 2. The Morgan fingerprint density at radius 1 is 1.21 bits per heavy atom. The van der Waals surface area contributed by atoms with Gasteiger partial charge in [0.15, 0.2) is 0 Å². The Hall–Kier alpha value is -2.27. The summed E-state index contributed by atoms with van der Waals surface area (Å²) < 4.78 is 0. The van der Waals surface area contributed by atoms with E-state index in [1.165, 1.54) is 6.07 Å². The molecule has 2 aromatic rings. The summed E-state index contributed by atoms with van der Waals surface area (Å²) in [5.41, 5.74) is 8.30. The van der Waals surface area contributed by atoms with Crippen LogP contribution in [-0.4, -0.2) is 4.92 Å². The van der Waals surface area contributed by atoms with Crippen molar-refractivity contribution in [2.45, 2.75) is 6.92 Å². The molecule has 0 radical (unpaired) electrons. The molecule has 0 unspecified atom stereocenters. The Labute approximate surface area is 115 Å². The van der Waals surface area contributed by atoms with Gasteiger partial charge < -0.3 is 11.1 Å². The first-order valence-corrected chi connectivity index (χ1v) is 5.92. The molecule has 19 heavy (non-hydrogen) atoms. The zero-order valence-electron chi connectivity index (χ0n) is 10.2. The van der Waals surface area contributed by atoms with Crippen molar-refractivity contribution in [2.24, 2.45) is 0 Å². The first-order chi connectivity index (χ1) is 8.97. The maximum Gasteiger partial charge on any atom is 0.294 e. The molecule has 6 heteroatoms. The fraction of sp³-hybridized carbons (Fsp3) is 0.0769. The molecule has 0 bridgehead atoms. The van der Waals surface area contributed by atoms with Gasteiger partial charge in [0.2, 0.25) is 0 Å². The lowest BCUT2D eigenvalue weighted by Gasteiger charge is -2.10. The van der Waals surface area contributed by atoms with Crippen molar-refractivity contribution in [1.29, 1.82) is 0 Å². The smallest absolute Gasteiger partial charge is 0.294 e. The number of nitrogen functional groups attached to an aromatic ring is 1. The molecule has 0 amide bonds. The lowest BCUT2D eigenvalue weighted by Crippen LogP contribution is -2.00. The topological polar surface area (TPSA) is 81.2 Å². The van der Waals surface area contributed by atoms with Gasteiger partial charge in [0, 0.05) is 11.1 Å². The highest BCUT2D eigenvalue weighted by Crippen LogP contribution is 2.32. The first-order valence-electron chi connectivity index (χ1n) is 5.54. The van der Waals surface area contributed by atoms with Crippen molar-refractivity contribution in [3.63, 3.8) is 0 Å². The van der Waals surface area contributed by atoms with Gasteiger partial charge in [0.1, 0.15) is 5.69 Å². The van der Waals surface area contributed by atoms with E-state index < -0.39 is 4.92 Å². The van der Waals surface area contributed by atoms with Crippen LogP contribution in [0.4, 0.5) is 22.7 Å². The minimum atomic E-state index is -0.488. The second-order valence-corrected chi connectivity index (χ2v) is 4.57. The summed E-state index contributed by atoms with van der Waals surface area (Å²) in [7, 11) is 0. The molecule has 0 aliphatic carbocycles. The lowest BCUT2D eigenvalue weighted by molar-refractivity contribution is -0.383. The third-order valence-corrected chi connectivity index (χ3v) is 2.87. The highest BCUT2D eigenvalue weighted by molar-refractivity contribution is 6.30. The summed E-state index contributed by atoms with van der Waals surface area (Å²) in [4.78, 5) is 10.5. The molecule has 98 valence electrons. The molecule has 0 aliphatic heterocycles. The normalized spacial score (nSPS) is 10.2. The van der Waals surface area contributed by atoms with Crippen molar-refractivity contribution in [2.75, 3.05) is 11.1 Å². The molecule has 0 aliphatic rings. The van der Waals surface area contributed by atoms with Gasteiger partial charge in [-0.3, -0.25) is 10.1 Å². The fourth-order valence-corrected chi connectivity index (χ4v) is 1.87. The zero-order chi connectivity index (χ0) is 14.0. The van der Waals surface area contributed by atoms with Crippen molar-refractivity contribution in [1.82, 2.24) is 0 Å². The molecule has 3 N–H and O–H groups in total. The summed E-state index contributed by atoms with van der Waals surface area (Å²) >= 11 is 5.76. The number of aryl methyl sites for hydroxylation is 1. The van der Waals surface area contributed by atoms with E-state index >= 15 is 0 Å². The number of halogens is 1. The van der Waals surface area contributed by atoms with E-state index in [0.717, 1.165) is 5.56 Å². The number of nitro groups is 1. The second kappa shape index (κ2) is 5.16. The van der Waals surface area contributed by atoms with Crippen LogP contribution in [-0.2, 0) is 0 Å². The molecule has 0 spiro atoms. The monoisotopic (exact) mass is 277 g/mol. The van der Waals surface area contributed by atoms with E-state index in [0.29, 0.717) is 22.1 Å². The molecule has 0 aromatic heterocycles. The van der Waals surface area contributed by atoms with Gasteiger partial charge in [0.25, 0.3) is 5.69 Å². The summed E-state index contributed by atoms with van der Waals surface area (Å²) in [6.07, 6.45) is 0. The summed E-state index contributed by atoms with van der Waals surface area (Å²) in [6.45, 7) is 1.92. The summed E-state index contributed by atoms with van der Waals surface area (Å²) in [5, 5.41) is 14.2. The van der Waals surface area contributed by atoms with E-state index in [9.17, 15) is 10.1 Å². The van der Waals surface area contributed by atoms with Crippen LogP contribution in [0.15, 0.2) is 36.4 Å². The molecule has 2 rings (SSSR count). The van der Waals surface area contributed by atoms with Gasteiger partial charge in [-0.15, -0.1) is 0 Å². The van der Waals surface area contributed by atoms with Crippen LogP contribution >= 0.6 is 11.6 Å². The third kappa shape index (κ3) is 2.95. The molecule has 2 aromatic carbocycles. The fourth-order valence-electron chi connectivity index (χ4n) is 1.70. The third-order valence-electron chi connectivity index (χ3n) is 2.63. The van der Waals surface area contributed by atoms with Crippen LogP contribution < -0.4 is 11.1 Å². The average Bonchev–Trinajstić information content (AvgIpc) is 2.34. The number of anilines is 3. The number of nitrogens with two attached hydrogens (primary N) is 1. The number of nitrogens with one attached hydrogen (secondary N) is 1. The highest BCUT2D eigenvalue weighted by atomic mass is 35.5. The van der Waals surface area contributed by atoms with Crippen LogP contribution in [0.2, 0.25) is 5.02 Å². The van der Waals surface area contributed by atoms with Gasteiger partial charge in [-0.2, -0.15) is 0 Å². The summed E-state index contributed by atoms with van der Waals surface area (Å²) in [5.74, 6) is 0. The van der Waals surface area contributed by atoms with Crippen molar-refractivity contribution in [3.05, 3.63) is 57.1 Å². The van der Waals surface area contributed by atoms with E-state index in [1.54, 1.807) is 24.3 Å². The summed E-state index contributed by atoms with van der Waals surface area (Å²) in [6, 6.07) is 9.89. The van der Waals surface area contributed by atoms with Gasteiger partial charge in [-0.05, 0) is 36.8 Å². The zero-order valence-corrected chi connectivity index (χ0v) is 10.9. The standard InChI is InChI=1S/C13H12ClN3O2/c1-8-2-4-11(10(15)6-8)16-12-5-3-9(14)7-13(12)17(18)19/h2-7,16H,15H2,1H3. The number of benzene rings is 2. The Balaban J connectivity index is 2.40. The number of hydrogen-bond acceptors (Lipinski definition) is 4. The number of nitrogens with zero attached hydrogens (tertiary/aromatic N) is 1. The lowest BCUT2D eigenvalue weighted by atomic mass is 10.2. The van der Waals surface area contributed by atoms with Crippen molar-refractivity contribution < 1.29 is 4.92 Å². The van der Waals surface area contributed by atoms with Crippen LogP contribution in [0.5, 0.6) is 0 Å². The van der Waals surface area contributed by atoms with Crippen molar-refractivity contribution in [3.8, 4) is 0 Å². The Kier molecular flexibility index (Phi) is 3.57. The first kappa shape index (κ1) is 13.2. The highest BCUT2D eigenvalue weighted by Gasteiger charge is 2.15. The van der Waals surface area contributed by atoms with E-state index in [4.69, 9.17) is 17.3 Å². The minimum absolute atomic E-state index is 0.0903. The maximum atomic E-state index is 11.0. The van der Waals surface area contributed by atoms with E-state index in [1.807, 2.05) is 13.0 Å². The van der Waals surface area contributed by atoms with Crippen LogP contribution in [0, 0.1) is 17.0 Å². The van der Waals surface area contributed by atoms with Crippen molar-refractivity contribution >= 4 is 34.4 Å². The predicted molar refractivity (Wildman–Crippen MR) is 77.0 cm³/mol.